The lowest BCUT2D eigenvalue weighted by molar-refractivity contribution is -0.137. The van der Waals surface area contributed by atoms with E-state index in [1.807, 2.05) is 19.0 Å². The van der Waals surface area contributed by atoms with Crippen molar-refractivity contribution in [2.75, 3.05) is 32.5 Å². The summed E-state index contributed by atoms with van der Waals surface area (Å²) >= 11 is 0. The molecule has 0 fully saturated rings. The Labute approximate surface area is 150 Å². The smallest absolute Gasteiger partial charge is 0.354 e. The van der Waals surface area contributed by atoms with Gasteiger partial charge in [0.25, 0.3) is 5.91 Å². The third kappa shape index (κ3) is 6.03. The van der Waals surface area contributed by atoms with Crippen molar-refractivity contribution in [1.29, 1.82) is 0 Å². The molecule has 0 saturated carbocycles. The van der Waals surface area contributed by atoms with E-state index in [1.54, 1.807) is 6.07 Å². The number of amides is 1. The Morgan fingerprint density at radius 2 is 1.92 bits per heavy atom. The van der Waals surface area contributed by atoms with E-state index < -0.39 is 11.7 Å². The van der Waals surface area contributed by atoms with Gasteiger partial charge in [0.15, 0.2) is 0 Å². The molecule has 1 aromatic heterocycles. The van der Waals surface area contributed by atoms with Crippen LogP contribution in [0.5, 0.6) is 0 Å². The highest BCUT2D eigenvalue weighted by Crippen LogP contribution is 2.31. The van der Waals surface area contributed by atoms with Crippen molar-refractivity contribution in [3.63, 3.8) is 0 Å². The van der Waals surface area contributed by atoms with Gasteiger partial charge in [0.1, 0.15) is 0 Å². The SMILES string of the molecule is CN(C)CCCNC(=O)c1cncc(Nc2cccc(C(F)(F)F)c2)c1. The number of nitrogens with zero attached hydrogens (tertiary/aromatic N) is 2. The van der Waals surface area contributed by atoms with Crippen LogP contribution >= 0.6 is 0 Å². The van der Waals surface area contributed by atoms with Gasteiger partial charge >= 0.3 is 6.18 Å². The molecule has 0 unspecified atom stereocenters. The quantitative estimate of drug-likeness (QED) is 0.736. The number of alkyl halides is 3. The van der Waals surface area contributed by atoms with Gasteiger partial charge in [-0.1, -0.05) is 6.07 Å². The predicted molar refractivity (Wildman–Crippen MR) is 94.5 cm³/mol. The second-order valence-electron chi connectivity index (χ2n) is 6.08. The van der Waals surface area contributed by atoms with E-state index in [0.717, 1.165) is 25.1 Å². The molecule has 2 N–H and O–H groups in total. The van der Waals surface area contributed by atoms with E-state index in [9.17, 15) is 18.0 Å². The minimum Gasteiger partial charge on any atom is -0.354 e. The summed E-state index contributed by atoms with van der Waals surface area (Å²) in [5.74, 6) is -0.274. The molecule has 0 aliphatic carbocycles. The van der Waals surface area contributed by atoms with Gasteiger partial charge in [0.05, 0.1) is 23.0 Å². The van der Waals surface area contributed by atoms with Crippen LogP contribution in [0.25, 0.3) is 0 Å². The highest BCUT2D eigenvalue weighted by atomic mass is 19.4. The normalized spacial score (nSPS) is 11.5. The van der Waals surface area contributed by atoms with Crippen molar-refractivity contribution in [2.24, 2.45) is 0 Å². The number of anilines is 2. The number of rotatable bonds is 7. The molecular weight excluding hydrogens is 345 g/mol. The first-order valence-electron chi connectivity index (χ1n) is 8.08. The van der Waals surface area contributed by atoms with Crippen LogP contribution in [-0.4, -0.2) is 43.0 Å². The fraction of sp³-hybridized carbons (Fsp3) is 0.333. The van der Waals surface area contributed by atoms with Crippen LogP contribution in [0.4, 0.5) is 24.5 Å². The first kappa shape index (κ1) is 19.7. The fourth-order valence-corrected chi connectivity index (χ4v) is 2.27. The number of benzene rings is 1. The first-order chi connectivity index (χ1) is 12.3. The van der Waals surface area contributed by atoms with Crippen molar-refractivity contribution in [3.05, 3.63) is 53.9 Å². The molecule has 1 heterocycles. The Bertz CT molecular complexity index is 747. The van der Waals surface area contributed by atoms with E-state index >= 15 is 0 Å². The van der Waals surface area contributed by atoms with Crippen LogP contribution < -0.4 is 10.6 Å². The largest absolute Gasteiger partial charge is 0.416 e. The van der Waals surface area contributed by atoms with E-state index in [-0.39, 0.29) is 11.6 Å². The van der Waals surface area contributed by atoms with Gasteiger partial charge in [0.2, 0.25) is 0 Å². The van der Waals surface area contributed by atoms with Crippen molar-refractivity contribution in [1.82, 2.24) is 15.2 Å². The number of carbonyl (C=O) groups excluding carboxylic acids is 1. The molecule has 0 aliphatic rings. The zero-order chi connectivity index (χ0) is 19.2. The van der Waals surface area contributed by atoms with Gasteiger partial charge in [-0.15, -0.1) is 0 Å². The minimum atomic E-state index is -4.41. The van der Waals surface area contributed by atoms with Crippen LogP contribution in [0.1, 0.15) is 22.3 Å². The molecule has 2 aromatic rings. The molecule has 0 saturated heterocycles. The highest BCUT2D eigenvalue weighted by molar-refractivity contribution is 5.94. The Balaban J connectivity index is 2.02. The van der Waals surface area contributed by atoms with E-state index in [1.165, 1.54) is 24.5 Å². The second kappa shape index (κ2) is 8.66. The van der Waals surface area contributed by atoms with Crippen LogP contribution in [0, 0.1) is 0 Å². The van der Waals surface area contributed by atoms with Crippen molar-refractivity contribution < 1.29 is 18.0 Å². The maximum atomic E-state index is 12.8. The lowest BCUT2D eigenvalue weighted by Crippen LogP contribution is -2.27. The predicted octanol–water partition coefficient (Wildman–Crippen LogP) is 3.53. The Morgan fingerprint density at radius 1 is 1.15 bits per heavy atom. The maximum Gasteiger partial charge on any atom is 0.416 e. The number of nitrogens with one attached hydrogen (secondary N) is 2. The lowest BCUT2D eigenvalue weighted by Gasteiger charge is -2.12. The van der Waals surface area contributed by atoms with Gasteiger partial charge in [-0.3, -0.25) is 9.78 Å². The molecule has 2 rings (SSSR count). The van der Waals surface area contributed by atoms with E-state index in [2.05, 4.69) is 15.6 Å². The Morgan fingerprint density at radius 3 is 2.62 bits per heavy atom. The van der Waals surface area contributed by atoms with Gasteiger partial charge in [-0.25, -0.2) is 0 Å². The van der Waals surface area contributed by atoms with Gasteiger partial charge in [-0.2, -0.15) is 13.2 Å². The second-order valence-corrected chi connectivity index (χ2v) is 6.08. The number of hydrogen-bond acceptors (Lipinski definition) is 4. The number of halogens is 3. The monoisotopic (exact) mass is 366 g/mol. The third-order valence-corrected chi connectivity index (χ3v) is 3.55. The van der Waals surface area contributed by atoms with E-state index in [0.29, 0.717) is 17.8 Å². The molecule has 0 bridgehead atoms. The standard InChI is InChI=1S/C18H21F3N4O/c1-25(2)8-4-7-23-17(26)13-9-16(12-22-11-13)24-15-6-3-5-14(10-15)18(19,20)21/h3,5-6,9-12,24H,4,7-8H2,1-2H3,(H,23,26). The molecule has 0 spiro atoms. The highest BCUT2D eigenvalue weighted by Gasteiger charge is 2.30. The molecule has 5 nitrogen and oxygen atoms in total. The molecule has 0 aliphatic heterocycles. The summed E-state index contributed by atoms with van der Waals surface area (Å²) < 4.78 is 38.3. The van der Waals surface area contributed by atoms with Gasteiger partial charge in [-0.05, 0) is 51.3 Å². The average molecular weight is 366 g/mol. The maximum absolute atomic E-state index is 12.8. The summed E-state index contributed by atoms with van der Waals surface area (Å²) in [6.45, 7) is 1.39. The lowest BCUT2D eigenvalue weighted by atomic mass is 10.2. The molecule has 1 amide bonds. The molecule has 0 atom stereocenters. The van der Waals surface area contributed by atoms with Crippen LogP contribution in [0.2, 0.25) is 0 Å². The summed E-state index contributed by atoms with van der Waals surface area (Å²) in [5.41, 5.74) is 0.299. The minimum absolute atomic E-state index is 0.269. The van der Waals surface area contributed by atoms with Gasteiger partial charge < -0.3 is 15.5 Å². The molecule has 0 radical (unpaired) electrons. The zero-order valence-corrected chi connectivity index (χ0v) is 14.6. The molecule has 1 aromatic carbocycles. The molecule has 8 heteroatoms. The Hall–Kier alpha value is -2.61. The molecule has 140 valence electrons. The topological polar surface area (TPSA) is 57.3 Å². The molecular formula is C18H21F3N4O. The van der Waals surface area contributed by atoms with Crippen LogP contribution in [0.15, 0.2) is 42.7 Å². The number of carbonyl (C=O) groups is 1. The fourth-order valence-electron chi connectivity index (χ4n) is 2.27. The summed E-state index contributed by atoms with van der Waals surface area (Å²) in [6.07, 6.45) is -0.736. The number of aromatic nitrogens is 1. The summed E-state index contributed by atoms with van der Waals surface area (Å²) in [5, 5.41) is 5.64. The Kier molecular flexibility index (Phi) is 6.57. The van der Waals surface area contributed by atoms with E-state index in [4.69, 9.17) is 0 Å². The summed E-state index contributed by atoms with van der Waals surface area (Å²) in [4.78, 5) is 18.1. The van der Waals surface area contributed by atoms with Crippen molar-refractivity contribution >= 4 is 17.3 Å². The number of pyridine rings is 1. The molecule has 26 heavy (non-hydrogen) atoms. The van der Waals surface area contributed by atoms with Crippen molar-refractivity contribution in [2.45, 2.75) is 12.6 Å². The third-order valence-electron chi connectivity index (χ3n) is 3.55. The van der Waals surface area contributed by atoms with Crippen LogP contribution in [-0.2, 0) is 6.18 Å². The number of hydrogen-bond donors (Lipinski definition) is 2. The van der Waals surface area contributed by atoms with Crippen LogP contribution in [0.3, 0.4) is 0 Å². The van der Waals surface area contributed by atoms with Crippen molar-refractivity contribution in [3.8, 4) is 0 Å². The zero-order valence-electron chi connectivity index (χ0n) is 14.6. The first-order valence-corrected chi connectivity index (χ1v) is 8.08. The van der Waals surface area contributed by atoms with Gasteiger partial charge in [0, 0.05) is 18.4 Å². The summed E-state index contributed by atoms with van der Waals surface area (Å²) in [7, 11) is 3.91. The average Bonchev–Trinajstić information content (AvgIpc) is 2.58. The summed E-state index contributed by atoms with van der Waals surface area (Å²) in [6, 6.07) is 6.40.